The van der Waals surface area contributed by atoms with Crippen molar-refractivity contribution in [2.75, 3.05) is 45.2 Å². The van der Waals surface area contributed by atoms with Gasteiger partial charge in [-0.1, -0.05) is 0 Å². The molecular formula is C14H21N5O3. The number of anilines is 1. The van der Waals surface area contributed by atoms with Crippen LogP contribution in [0, 0.1) is 5.92 Å². The van der Waals surface area contributed by atoms with Gasteiger partial charge in [0, 0.05) is 39.4 Å². The second-order valence-electron chi connectivity index (χ2n) is 5.95. The third-order valence-electron chi connectivity index (χ3n) is 4.17. The first-order chi connectivity index (χ1) is 10.5. The van der Waals surface area contributed by atoms with Gasteiger partial charge in [0.25, 0.3) is 0 Å². The number of ether oxygens (including phenoxy) is 1. The molecule has 22 heavy (non-hydrogen) atoms. The van der Waals surface area contributed by atoms with Crippen LogP contribution >= 0.6 is 0 Å². The summed E-state index contributed by atoms with van der Waals surface area (Å²) in [5.74, 6) is 0.337. The van der Waals surface area contributed by atoms with E-state index >= 15 is 0 Å². The Hall–Kier alpha value is -1.93. The number of hydrogen-bond donors (Lipinski definition) is 1. The number of hydrogen-bond acceptors (Lipinski definition) is 5. The van der Waals surface area contributed by atoms with Crippen molar-refractivity contribution in [3.05, 3.63) is 12.3 Å². The van der Waals surface area contributed by atoms with Gasteiger partial charge in [0.15, 0.2) is 5.82 Å². The van der Waals surface area contributed by atoms with E-state index in [9.17, 15) is 9.59 Å². The molecule has 2 aliphatic rings. The van der Waals surface area contributed by atoms with Gasteiger partial charge in [0.1, 0.15) is 0 Å². The average Bonchev–Trinajstić information content (AvgIpc) is 2.75. The van der Waals surface area contributed by atoms with Crippen molar-refractivity contribution in [2.24, 2.45) is 13.0 Å². The van der Waals surface area contributed by atoms with E-state index in [-0.39, 0.29) is 30.3 Å². The fraction of sp³-hybridized carbons (Fsp3) is 0.643. The smallest absolute Gasteiger partial charge is 0.239 e. The highest BCUT2D eigenvalue weighted by atomic mass is 16.5. The van der Waals surface area contributed by atoms with Gasteiger partial charge in [-0.3, -0.25) is 19.2 Å². The molecule has 0 aromatic carbocycles. The monoisotopic (exact) mass is 307 g/mol. The minimum absolute atomic E-state index is 0.00245. The van der Waals surface area contributed by atoms with E-state index in [1.54, 1.807) is 28.9 Å². The van der Waals surface area contributed by atoms with Crippen molar-refractivity contribution in [3.63, 3.8) is 0 Å². The highest BCUT2D eigenvalue weighted by Gasteiger charge is 2.37. The van der Waals surface area contributed by atoms with Crippen LogP contribution in [0.1, 0.15) is 0 Å². The third kappa shape index (κ3) is 3.12. The second-order valence-corrected chi connectivity index (χ2v) is 5.95. The predicted octanol–water partition coefficient (Wildman–Crippen LogP) is -0.852. The van der Waals surface area contributed by atoms with Crippen LogP contribution in [0.4, 0.5) is 5.82 Å². The molecule has 0 spiro atoms. The maximum absolute atomic E-state index is 12.3. The molecule has 0 saturated carbocycles. The number of aromatic nitrogens is 2. The van der Waals surface area contributed by atoms with Crippen molar-refractivity contribution in [1.82, 2.24) is 19.6 Å². The Kier molecular flexibility index (Phi) is 4.12. The van der Waals surface area contributed by atoms with E-state index in [4.69, 9.17) is 4.74 Å². The van der Waals surface area contributed by atoms with Crippen molar-refractivity contribution < 1.29 is 14.3 Å². The molecule has 0 unspecified atom stereocenters. The van der Waals surface area contributed by atoms with Crippen LogP contribution in [-0.4, -0.2) is 77.3 Å². The Morgan fingerprint density at radius 1 is 1.41 bits per heavy atom. The SMILES string of the molecule is CN1C(=O)[C@H]2COC[C@@H]1CN(CC(=O)Nc1ccn(C)n1)C2. The summed E-state index contributed by atoms with van der Waals surface area (Å²) in [5.41, 5.74) is 0. The Balaban J connectivity index is 1.63. The lowest BCUT2D eigenvalue weighted by atomic mass is 10.1. The molecule has 2 bridgehead atoms. The quantitative estimate of drug-likeness (QED) is 0.787. The lowest BCUT2D eigenvalue weighted by Gasteiger charge is -2.28. The molecule has 2 atom stereocenters. The fourth-order valence-electron chi connectivity index (χ4n) is 2.98. The molecule has 2 amide bonds. The van der Waals surface area contributed by atoms with Crippen molar-refractivity contribution in [3.8, 4) is 0 Å². The minimum atomic E-state index is -0.194. The molecule has 0 radical (unpaired) electrons. The van der Waals surface area contributed by atoms with Crippen molar-refractivity contribution in [2.45, 2.75) is 6.04 Å². The van der Waals surface area contributed by atoms with Crippen LogP contribution in [0.25, 0.3) is 0 Å². The normalized spacial score (nSPS) is 25.9. The van der Waals surface area contributed by atoms with Gasteiger partial charge in [0.05, 0.1) is 31.7 Å². The molecule has 8 nitrogen and oxygen atoms in total. The zero-order chi connectivity index (χ0) is 15.7. The van der Waals surface area contributed by atoms with E-state index in [2.05, 4.69) is 10.4 Å². The molecule has 0 aliphatic carbocycles. The molecule has 120 valence electrons. The van der Waals surface area contributed by atoms with Gasteiger partial charge < -0.3 is 15.0 Å². The van der Waals surface area contributed by atoms with E-state index in [1.807, 2.05) is 11.9 Å². The zero-order valence-electron chi connectivity index (χ0n) is 12.9. The molecule has 8 heteroatoms. The summed E-state index contributed by atoms with van der Waals surface area (Å²) >= 11 is 0. The Bertz CT molecular complexity index is 573. The number of carbonyl (C=O) groups is 2. The van der Waals surface area contributed by atoms with Gasteiger partial charge in [-0.2, -0.15) is 5.10 Å². The Labute approximate surface area is 129 Å². The maximum Gasteiger partial charge on any atom is 0.239 e. The third-order valence-corrected chi connectivity index (χ3v) is 4.17. The number of aryl methyl sites for hydroxylation is 1. The molecule has 2 aliphatic heterocycles. The predicted molar refractivity (Wildman–Crippen MR) is 79.1 cm³/mol. The number of carbonyl (C=O) groups excluding carboxylic acids is 2. The second kappa shape index (κ2) is 6.05. The molecule has 1 aromatic rings. The highest BCUT2D eigenvalue weighted by molar-refractivity contribution is 5.91. The number of nitrogens with zero attached hydrogens (tertiary/aromatic N) is 4. The summed E-state index contributed by atoms with van der Waals surface area (Å²) in [6.45, 7) is 2.41. The summed E-state index contributed by atoms with van der Waals surface area (Å²) in [6.07, 6.45) is 1.77. The Morgan fingerprint density at radius 2 is 2.23 bits per heavy atom. The summed E-state index contributed by atoms with van der Waals surface area (Å²) < 4.78 is 7.19. The van der Waals surface area contributed by atoms with Gasteiger partial charge in [-0.05, 0) is 0 Å². The van der Waals surface area contributed by atoms with Gasteiger partial charge in [-0.15, -0.1) is 0 Å². The first-order valence-corrected chi connectivity index (χ1v) is 7.39. The van der Waals surface area contributed by atoms with Crippen LogP contribution in [0.15, 0.2) is 12.3 Å². The van der Waals surface area contributed by atoms with E-state index < -0.39 is 0 Å². The van der Waals surface area contributed by atoms with Crippen LogP contribution in [0.5, 0.6) is 0 Å². The number of fused-ring (bicyclic) bond motifs is 3. The minimum Gasteiger partial charge on any atom is -0.378 e. The average molecular weight is 307 g/mol. The van der Waals surface area contributed by atoms with Crippen LogP contribution in [0.2, 0.25) is 0 Å². The van der Waals surface area contributed by atoms with Crippen LogP contribution < -0.4 is 5.32 Å². The fourth-order valence-corrected chi connectivity index (χ4v) is 2.98. The summed E-state index contributed by atoms with van der Waals surface area (Å²) in [4.78, 5) is 28.2. The molecular weight excluding hydrogens is 286 g/mol. The van der Waals surface area contributed by atoms with E-state index in [0.29, 0.717) is 32.1 Å². The standard InChI is InChI=1S/C14H21N5O3/c1-17-4-3-12(16-17)15-13(20)7-19-5-10-8-22-9-11(6-19)18(2)14(10)21/h3-4,10-11H,5-9H2,1-2H3,(H,15,16,20)/t10-,11+/m1/s1. The highest BCUT2D eigenvalue weighted by Crippen LogP contribution is 2.19. The number of rotatable bonds is 3. The lowest BCUT2D eigenvalue weighted by molar-refractivity contribution is -0.134. The number of amides is 2. The van der Waals surface area contributed by atoms with Crippen molar-refractivity contribution >= 4 is 17.6 Å². The van der Waals surface area contributed by atoms with E-state index in [1.165, 1.54) is 0 Å². The van der Waals surface area contributed by atoms with Gasteiger partial charge in [0.2, 0.25) is 11.8 Å². The van der Waals surface area contributed by atoms with Gasteiger partial charge >= 0.3 is 0 Å². The number of likely N-dealkylation sites (N-methyl/N-ethyl adjacent to an activating group) is 1. The molecule has 2 fully saturated rings. The molecule has 2 saturated heterocycles. The number of nitrogens with one attached hydrogen (secondary N) is 1. The first kappa shape index (κ1) is 15.0. The summed E-state index contributed by atoms with van der Waals surface area (Å²) in [7, 11) is 3.61. The molecule has 1 aromatic heterocycles. The van der Waals surface area contributed by atoms with Crippen LogP contribution in [0.3, 0.4) is 0 Å². The summed E-state index contributed by atoms with van der Waals surface area (Å²) in [5, 5.41) is 6.90. The first-order valence-electron chi connectivity index (χ1n) is 7.39. The maximum atomic E-state index is 12.3. The lowest BCUT2D eigenvalue weighted by Crippen LogP contribution is -2.45. The Morgan fingerprint density at radius 3 is 2.95 bits per heavy atom. The molecule has 3 heterocycles. The zero-order valence-corrected chi connectivity index (χ0v) is 12.9. The largest absolute Gasteiger partial charge is 0.378 e. The van der Waals surface area contributed by atoms with Crippen molar-refractivity contribution in [1.29, 1.82) is 0 Å². The van der Waals surface area contributed by atoms with Gasteiger partial charge in [-0.25, -0.2) is 0 Å². The topological polar surface area (TPSA) is 79.7 Å². The summed E-state index contributed by atoms with van der Waals surface area (Å²) in [6, 6.07) is 1.75. The van der Waals surface area contributed by atoms with E-state index in [0.717, 1.165) is 0 Å². The molecule has 3 rings (SSSR count). The van der Waals surface area contributed by atoms with Crippen LogP contribution in [-0.2, 0) is 21.4 Å². The molecule has 1 N–H and O–H groups in total.